The van der Waals surface area contributed by atoms with Gasteiger partial charge in [-0.1, -0.05) is 25.0 Å². The second kappa shape index (κ2) is 9.00. The maximum absolute atomic E-state index is 11.8. The third-order valence-electron chi connectivity index (χ3n) is 4.27. The summed E-state index contributed by atoms with van der Waals surface area (Å²) in [5.74, 6) is 0.547. The van der Waals surface area contributed by atoms with E-state index in [0.717, 1.165) is 18.4 Å². The van der Waals surface area contributed by atoms with Gasteiger partial charge in [-0.15, -0.1) is 0 Å². The maximum atomic E-state index is 11.8. The Balaban J connectivity index is 2.03. The number of carbonyl (C=O) groups excluding carboxylic acids is 1. The van der Waals surface area contributed by atoms with Crippen LogP contribution in [0.15, 0.2) is 34.2 Å². The van der Waals surface area contributed by atoms with Gasteiger partial charge in [-0.25, -0.2) is 18.5 Å². The Morgan fingerprint density at radius 1 is 1.23 bits per heavy atom. The van der Waals surface area contributed by atoms with E-state index in [1.165, 1.54) is 29.9 Å². The summed E-state index contributed by atoms with van der Waals surface area (Å²) in [4.78, 5) is 17.9. The van der Waals surface area contributed by atoms with E-state index < -0.39 is 10.0 Å². The molecule has 26 heavy (non-hydrogen) atoms. The summed E-state index contributed by atoms with van der Waals surface area (Å²) in [6.45, 7) is 0.527. The smallest absolute Gasteiger partial charge is 0.241 e. The van der Waals surface area contributed by atoms with E-state index in [9.17, 15) is 13.2 Å². The fourth-order valence-electron chi connectivity index (χ4n) is 2.69. The van der Waals surface area contributed by atoms with Gasteiger partial charge in [0.05, 0.1) is 18.0 Å². The van der Waals surface area contributed by atoms with Crippen LogP contribution >= 0.6 is 0 Å². The molecule has 1 aromatic carbocycles. The van der Waals surface area contributed by atoms with E-state index in [1.807, 2.05) is 0 Å². The first kappa shape index (κ1) is 20.2. The van der Waals surface area contributed by atoms with Crippen LogP contribution < -0.4 is 15.8 Å². The molecule has 0 spiro atoms. The zero-order chi connectivity index (χ0) is 19.2. The van der Waals surface area contributed by atoms with E-state index in [2.05, 4.69) is 15.6 Å². The Morgan fingerprint density at radius 3 is 2.38 bits per heavy atom. The number of likely N-dealkylation sites (N-methyl/N-ethyl adjacent to an activating group) is 1. The zero-order valence-electron chi connectivity index (χ0n) is 15.2. The second-order valence-electron chi connectivity index (χ2n) is 6.62. The Kier molecular flexibility index (Phi) is 6.98. The Bertz CT molecular complexity index is 738. The Morgan fingerprint density at radius 2 is 1.85 bits per heavy atom. The summed E-state index contributed by atoms with van der Waals surface area (Å²) in [6, 6.07) is 6.66. The molecule has 2 rings (SSSR count). The number of nitrogens with one attached hydrogen (secondary N) is 2. The standard InChI is InChI=1S/C17H27N5O3S/c1-22(2)16(23)12-20-17(21-14-5-3-4-6-14)19-11-13-7-9-15(10-8-13)26(18,24)25/h7-10,14H,3-6,11-12H2,1-2H3,(H2,18,24,25)(H2,19,20,21). The number of nitrogens with two attached hydrogens (primary N) is 1. The fourth-order valence-corrected chi connectivity index (χ4v) is 3.20. The summed E-state index contributed by atoms with van der Waals surface area (Å²) < 4.78 is 22.6. The van der Waals surface area contributed by atoms with E-state index in [1.54, 1.807) is 26.2 Å². The van der Waals surface area contributed by atoms with E-state index in [-0.39, 0.29) is 17.3 Å². The van der Waals surface area contributed by atoms with E-state index >= 15 is 0 Å². The summed E-state index contributed by atoms with van der Waals surface area (Å²) in [7, 11) is -0.282. The number of sulfonamides is 1. The molecule has 1 aliphatic rings. The van der Waals surface area contributed by atoms with Crippen molar-refractivity contribution in [3.63, 3.8) is 0 Å². The molecule has 0 atom stereocenters. The molecule has 9 heteroatoms. The van der Waals surface area contributed by atoms with Crippen LogP contribution in [0.5, 0.6) is 0 Å². The number of primary sulfonamides is 1. The van der Waals surface area contributed by atoms with Gasteiger partial charge in [0.1, 0.15) is 0 Å². The van der Waals surface area contributed by atoms with Gasteiger partial charge in [-0.3, -0.25) is 4.79 Å². The van der Waals surface area contributed by atoms with Crippen LogP contribution in [-0.4, -0.2) is 51.9 Å². The highest BCUT2D eigenvalue weighted by Crippen LogP contribution is 2.17. The molecule has 4 N–H and O–H groups in total. The molecular formula is C17H27N5O3S. The number of aliphatic imine (C=N–C) groups is 1. The first-order chi connectivity index (χ1) is 12.3. The molecule has 0 saturated heterocycles. The monoisotopic (exact) mass is 381 g/mol. The molecule has 1 amide bonds. The van der Waals surface area contributed by atoms with Crippen molar-refractivity contribution in [3.05, 3.63) is 29.8 Å². The molecule has 0 heterocycles. The normalized spacial score (nSPS) is 15.7. The lowest BCUT2D eigenvalue weighted by molar-refractivity contribution is -0.127. The van der Waals surface area contributed by atoms with Crippen molar-refractivity contribution < 1.29 is 13.2 Å². The molecule has 0 aliphatic heterocycles. The summed E-state index contributed by atoms with van der Waals surface area (Å²) in [5.41, 5.74) is 0.851. The maximum Gasteiger partial charge on any atom is 0.241 e. The predicted octanol–water partition coefficient (Wildman–Crippen LogP) is 0.400. The number of rotatable bonds is 6. The van der Waals surface area contributed by atoms with Crippen molar-refractivity contribution in [1.82, 2.24) is 15.5 Å². The van der Waals surface area contributed by atoms with E-state index in [0.29, 0.717) is 18.5 Å². The summed E-state index contributed by atoms with van der Waals surface area (Å²) in [5, 5.41) is 11.5. The van der Waals surface area contributed by atoms with Gasteiger partial charge in [0, 0.05) is 20.1 Å². The Hall–Kier alpha value is -2.13. The lowest BCUT2D eigenvalue weighted by Crippen LogP contribution is -2.46. The molecule has 1 aromatic rings. The highest BCUT2D eigenvalue weighted by Gasteiger charge is 2.16. The van der Waals surface area contributed by atoms with Crippen molar-refractivity contribution in [1.29, 1.82) is 0 Å². The number of guanidine groups is 1. The molecule has 0 unspecified atom stereocenters. The Labute approximate surface area is 154 Å². The van der Waals surface area contributed by atoms with Crippen LogP contribution in [0.2, 0.25) is 0 Å². The van der Waals surface area contributed by atoms with Gasteiger partial charge in [0.2, 0.25) is 15.9 Å². The zero-order valence-corrected chi connectivity index (χ0v) is 16.1. The van der Waals surface area contributed by atoms with Crippen molar-refractivity contribution in [2.45, 2.75) is 43.2 Å². The molecular weight excluding hydrogens is 354 g/mol. The third kappa shape index (κ3) is 6.30. The SMILES string of the molecule is CN(C)C(=O)CNC(=NCc1ccc(S(N)(=O)=O)cc1)NC1CCCC1. The number of hydrogen-bond acceptors (Lipinski definition) is 4. The number of carbonyl (C=O) groups is 1. The highest BCUT2D eigenvalue weighted by molar-refractivity contribution is 7.89. The predicted molar refractivity (Wildman–Crippen MR) is 101 cm³/mol. The number of benzene rings is 1. The van der Waals surface area contributed by atoms with E-state index in [4.69, 9.17) is 5.14 Å². The number of nitrogens with zero attached hydrogens (tertiary/aromatic N) is 2. The van der Waals surface area contributed by atoms with Gasteiger partial charge in [-0.05, 0) is 30.5 Å². The van der Waals surface area contributed by atoms with Crippen LogP contribution in [0.1, 0.15) is 31.2 Å². The van der Waals surface area contributed by atoms with Crippen LogP contribution in [0.3, 0.4) is 0 Å². The minimum Gasteiger partial charge on any atom is -0.354 e. The summed E-state index contributed by atoms with van der Waals surface area (Å²) in [6.07, 6.45) is 4.56. The highest BCUT2D eigenvalue weighted by atomic mass is 32.2. The van der Waals surface area contributed by atoms with Gasteiger partial charge < -0.3 is 15.5 Å². The average Bonchev–Trinajstić information content (AvgIpc) is 3.09. The number of amides is 1. The molecule has 144 valence electrons. The molecule has 0 bridgehead atoms. The van der Waals surface area contributed by atoms with Crippen molar-refractivity contribution >= 4 is 21.9 Å². The van der Waals surface area contributed by atoms with Gasteiger partial charge >= 0.3 is 0 Å². The quantitative estimate of drug-likeness (QED) is 0.487. The molecule has 0 radical (unpaired) electrons. The van der Waals surface area contributed by atoms with Gasteiger partial charge in [0.25, 0.3) is 0 Å². The minimum absolute atomic E-state index is 0.0385. The molecule has 1 aliphatic carbocycles. The van der Waals surface area contributed by atoms with Gasteiger partial charge in [0.15, 0.2) is 5.96 Å². The molecule has 0 aromatic heterocycles. The lowest BCUT2D eigenvalue weighted by Gasteiger charge is -2.18. The van der Waals surface area contributed by atoms with Gasteiger partial charge in [-0.2, -0.15) is 0 Å². The second-order valence-corrected chi connectivity index (χ2v) is 8.18. The topological polar surface area (TPSA) is 117 Å². The fraction of sp³-hybridized carbons (Fsp3) is 0.529. The largest absolute Gasteiger partial charge is 0.354 e. The molecule has 1 fully saturated rings. The lowest BCUT2D eigenvalue weighted by atomic mass is 10.2. The first-order valence-electron chi connectivity index (χ1n) is 8.62. The molecule has 8 nitrogen and oxygen atoms in total. The van der Waals surface area contributed by atoms with Crippen LogP contribution in [0.4, 0.5) is 0 Å². The van der Waals surface area contributed by atoms with Crippen molar-refractivity contribution in [2.24, 2.45) is 10.1 Å². The first-order valence-corrected chi connectivity index (χ1v) is 10.2. The molecule has 1 saturated carbocycles. The van der Waals surface area contributed by atoms with Crippen LogP contribution in [-0.2, 0) is 21.4 Å². The van der Waals surface area contributed by atoms with Crippen LogP contribution in [0.25, 0.3) is 0 Å². The van der Waals surface area contributed by atoms with Crippen LogP contribution in [0, 0.1) is 0 Å². The number of hydrogen-bond donors (Lipinski definition) is 3. The summed E-state index contributed by atoms with van der Waals surface area (Å²) >= 11 is 0. The minimum atomic E-state index is -3.70. The van der Waals surface area contributed by atoms with Crippen molar-refractivity contribution in [3.8, 4) is 0 Å². The average molecular weight is 382 g/mol. The third-order valence-corrected chi connectivity index (χ3v) is 5.20. The van der Waals surface area contributed by atoms with Crippen molar-refractivity contribution in [2.75, 3.05) is 20.6 Å².